The Morgan fingerprint density at radius 2 is 1.79 bits per heavy atom. The molecule has 154 valence electrons. The second-order valence-corrected chi connectivity index (χ2v) is 7.38. The topological polar surface area (TPSA) is 49.0 Å². The quantitative estimate of drug-likeness (QED) is 0.588. The van der Waals surface area contributed by atoms with Crippen molar-refractivity contribution in [2.24, 2.45) is 0 Å². The lowest BCUT2D eigenvalue weighted by Crippen LogP contribution is -2.30. The van der Waals surface area contributed by atoms with Crippen LogP contribution in [0.15, 0.2) is 28.7 Å². The molecule has 1 N–H and O–H groups in total. The molecule has 0 bridgehead atoms. The normalized spacial score (nSPS) is 15.2. The third-order valence-electron chi connectivity index (χ3n) is 4.74. The van der Waals surface area contributed by atoms with E-state index < -0.39 is 0 Å². The minimum atomic E-state index is 0.000478. The molecule has 3 rings (SSSR count). The van der Waals surface area contributed by atoms with Gasteiger partial charge in [0.1, 0.15) is 6.61 Å². The van der Waals surface area contributed by atoms with Crippen molar-refractivity contribution in [1.29, 1.82) is 0 Å². The number of halogens is 1. The van der Waals surface area contributed by atoms with Gasteiger partial charge in [0, 0.05) is 6.54 Å². The second kappa shape index (κ2) is 9.91. The first kappa shape index (κ1) is 21.4. The molecule has 6 heteroatoms. The van der Waals surface area contributed by atoms with Gasteiger partial charge in [0.15, 0.2) is 23.0 Å². The fourth-order valence-corrected chi connectivity index (χ4v) is 4.13. The molecule has 0 aliphatic carbocycles. The highest BCUT2D eigenvalue weighted by atomic mass is 79.9. The van der Waals surface area contributed by atoms with Crippen LogP contribution in [0.1, 0.15) is 36.6 Å². The Labute approximate surface area is 180 Å². The monoisotopic (exact) mass is 459 g/mol. The van der Waals surface area contributed by atoms with Crippen molar-refractivity contribution in [2.75, 3.05) is 33.5 Å². The number of terminal acetylenes is 1. The van der Waals surface area contributed by atoms with Gasteiger partial charge >= 0.3 is 0 Å². The summed E-state index contributed by atoms with van der Waals surface area (Å²) in [5, 5.41) is 3.61. The Morgan fingerprint density at radius 1 is 1.07 bits per heavy atom. The fourth-order valence-electron chi connectivity index (χ4n) is 3.56. The first-order valence-corrected chi connectivity index (χ1v) is 10.5. The smallest absolute Gasteiger partial charge is 0.176 e. The molecule has 2 aromatic carbocycles. The van der Waals surface area contributed by atoms with E-state index in [9.17, 15) is 0 Å². The number of nitrogens with one attached hydrogen (secondary N) is 1. The molecule has 2 aromatic rings. The van der Waals surface area contributed by atoms with E-state index in [1.807, 2.05) is 26.0 Å². The van der Waals surface area contributed by atoms with Crippen LogP contribution in [0.2, 0.25) is 0 Å². The van der Waals surface area contributed by atoms with Crippen LogP contribution in [0.25, 0.3) is 0 Å². The standard InChI is InChI=1S/C23H26BrNO4/c1-5-10-29-23-18(24)11-16(13-21(23)26-4)22-17-14-20(28-7-3)19(27-6-2)12-15(17)8-9-25-22/h1,11-14,22,25H,6-10H2,2-4H3/t22-/m0/s1. The number of benzene rings is 2. The van der Waals surface area contributed by atoms with Gasteiger partial charge in [-0.15, -0.1) is 6.42 Å². The largest absolute Gasteiger partial charge is 0.493 e. The Balaban J connectivity index is 2.05. The van der Waals surface area contributed by atoms with Crippen molar-refractivity contribution in [1.82, 2.24) is 5.32 Å². The average molecular weight is 460 g/mol. The summed E-state index contributed by atoms with van der Waals surface area (Å²) in [5.41, 5.74) is 3.49. The van der Waals surface area contributed by atoms with E-state index in [0.29, 0.717) is 24.7 Å². The van der Waals surface area contributed by atoms with Gasteiger partial charge in [-0.3, -0.25) is 0 Å². The molecule has 0 spiro atoms. The van der Waals surface area contributed by atoms with Gasteiger partial charge in [-0.2, -0.15) is 0 Å². The van der Waals surface area contributed by atoms with Crippen molar-refractivity contribution >= 4 is 15.9 Å². The summed E-state index contributed by atoms with van der Waals surface area (Å²) in [6, 6.07) is 8.22. The number of ether oxygens (including phenoxy) is 4. The van der Waals surface area contributed by atoms with Crippen LogP contribution in [0, 0.1) is 12.3 Å². The zero-order chi connectivity index (χ0) is 20.8. The average Bonchev–Trinajstić information content (AvgIpc) is 2.72. The molecule has 29 heavy (non-hydrogen) atoms. The van der Waals surface area contributed by atoms with Gasteiger partial charge in [-0.25, -0.2) is 0 Å². The van der Waals surface area contributed by atoms with E-state index >= 15 is 0 Å². The number of hydrogen-bond acceptors (Lipinski definition) is 5. The Morgan fingerprint density at radius 3 is 2.45 bits per heavy atom. The van der Waals surface area contributed by atoms with E-state index in [0.717, 1.165) is 34.5 Å². The third kappa shape index (κ3) is 4.63. The van der Waals surface area contributed by atoms with E-state index in [-0.39, 0.29) is 12.6 Å². The minimum absolute atomic E-state index is 0.000478. The third-order valence-corrected chi connectivity index (χ3v) is 5.33. The van der Waals surface area contributed by atoms with Gasteiger partial charge in [0.25, 0.3) is 0 Å². The number of fused-ring (bicyclic) bond motifs is 1. The maximum absolute atomic E-state index is 5.85. The van der Waals surface area contributed by atoms with Crippen LogP contribution in [-0.2, 0) is 6.42 Å². The molecule has 1 aliphatic rings. The number of hydrogen-bond donors (Lipinski definition) is 1. The van der Waals surface area contributed by atoms with Gasteiger partial charge < -0.3 is 24.3 Å². The molecule has 0 saturated carbocycles. The molecule has 0 radical (unpaired) electrons. The molecular formula is C23H26BrNO4. The molecule has 1 heterocycles. The summed E-state index contributed by atoms with van der Waals surface area (Å²) in [6.45, 7) is 6.18. The van der Waals surface area contributed by atoms with Gasteiger partial charge in [0.05, 0.1) is 30.8 Å². The van der Waals surface area contributed by atoms with Crippen LogP contribution in [0.4, 0.5) is 0 Å². The number of rotatable bonds is 8. The molecule has 5 nitrogen and oxygen atoms in total. The van der Waals surface area contributed by atoms with Crippen molar-refractivity contribution < 1.29 is 18.9 Å². The van der Waals surface area contributed by atoms with Crippen molar-refractivity contribution in [3.05, 3.63) is 45.4 Å². The summed E-state index contributed by atoms with van der Waals surface area (Å²) in [7, 11) is 1.62. The summed E-state index contributed by atoms with van der Waals surface area (Å²) in [6.07, 6.45) is 6.26. The van der Waals surface area contributed by atoms with Crippen molar-refractivity contribution in [3.8, 4) is 35.3 Å². The molecule has 1 atom stereocenters. The molecule has 0 unspecified atom stereocenters. The van der Waals surface area contributed by atoms with Crippen LogP contribution in [-0.4, -0.2) is 33.5 Å². The molecule has 0 saturated heterocycles. The lowest BCUT2D eigenvalue weighted by molar-refractivity contribution is 0.286. The molecule has 0 fully saturated rings. The van der Waals surface area contributed by atoms with E-state index in [2.05, 4.69) is 39.3 Å². The summed E-state index contributed by atoms with van der Waals surface area (Å²) < 4.78 is 23.7. The minimum Gasteiger partial charge on any atom is -0.493 e. The molecular weight excluding hydrogens is 434 g/mol. The Hall–Kier alpha value is -2.36. The lowest BCUT2D eigenvalue weighted by atomic mass is 9.89. The van der Waals surface area contributed by atoms with Crippen LogP contribution in [0.3, 0.4) is 0 Å². The van der Waals surface area contributed by atoms with Crippen LogP contribution in [0.5, 0.6) is 23.0 Å². The SMILES string of the molecule is C#CCOc1c(Br)cc([C@@H]2NCCc3cc(OCC)c(OCC)cc32)cc1OC. The maximum Gasteiger partial charge on any atom is 0.176 e. The van der Waals surface area contributed by atoms with Gasteiger partial charge in [-0.05, 0) is 77.2 Å². The number of methoxy groups -OCH3 is 1. The van der Waals surface area contributed by atoms with E-state index in [1.165, 1.54) is 11.1 Å². The molecule has 1 aliphatic heterocycles. The summed E-state index contributed by atoms with van der Waals surface area (Å²) in [5.74, 6) is 5.28. The van der Waals surface area contributed by atoms with Gasteiger partial charge in [0.2, 0.25) is 0 Å². The first-order chi connectivity index (χ1) is 14.1. The Bertz CT molecular complexity index is 907. The molecule has 0 aromatic heterocycles. The molecule has 0 amide bonds. The summed E-state index contributed by atoms with van der Waals surface area (Å²) >= 11 is 3.60. The van der Waals surface area contributed by atoms with E-state index in [4.69, 9.17) is 25.4 Å². The highest BCUT2D eigenvalue weighted by Crippen LogP contribution is 2.42. The predicted octanol–water partition coefficient (Wildman–Crippen LogP) is 4.50. The van der Waals surface area contributed by atoms with Crippen molar-refractivity contribution in [2.45, 2.75) is 26.3 Å². The predicted molar refractivity (Wildman–Crippen MR) is 117 cm³/mol. The van der Waals surface area contributed by atoms with Gasteiger partial charge in [-0.1, -0.05) is 5.92 Å². The highest BCUT2D eigenvalue weighted by molar-refractivity contribution is 9.10. The first-order valence-electron chi connectivity index (χ1n) is 9.72. The van der Waals surface area contributed by atoms with E-state index in [1.54, 1.807) is 7.11 Å². The summed E-state index contributed by atoms with van der Waals surface area (Å²) in [4.78, 5) is 0. The van der Waals surface area contributed by atoms with Crippen LogP contribution >= 0.6 is 15.9 Å². The van der Waals surface area contributed by atoms with Crippen molar-refractivity contribution in [3.63, 3.8) is 0 Å². The zero-order valence-corrected chi connectivity index (χ0v) is 18.6. The van der Waals surface area contributed by atoms with Crippen LogP contribution < -0.4 is 24.3 Å². The zero-order valence-electron chi connectivity index (χ0n) is 17.0. The fraction of sp³-hybridized carbons (Fsp3) is 0.391. The lowest BCUT2D eigenvalue weighted by Gasteiger charge is -2.29. The second-order valence-electron chi connectivity index (χ2n) is 6.53. The maximum atomic E-state index is 5.85. The Kier molecular flexibility index (Phi) is 7.29. The highest BCUT2D eigenvalue weighted by Gasteiger charge is 2.26.